The fraction of sp³-hybridized carbons (Fsp3) is 0.148. The van der Waals surface area contributed by atoms with Gasteiger partial charge in [-0.3, -0.25) is 9.59 Å². The van der Waals surface area contributed by atoms with Gasteiger partial charge in [0.05, 0.1) is 0 Å². The van der Waals surface area contributed by atoms with Crippen LogP contribution in [0.15, 0.2) is 72.9 Å². The quantitative estimate of drug-likeness (QED) is 0.302. The highest BCUT2D eigenvalue weighted by Gasteiger charge is 2.25. The van der Waals surface area contributed by atoms with Crippen LogP contribution < -0.4 is 20.1 Å². The molecule has 10 heteroatoms. The highest BCUT2D eigenvalue weighted by molar-refractivity contribution is 6.30. The van der Waals surface area contributed by atoms with Crippen LogP contribution in [0.3, 0.4) is 0 Å². The highest BCUT2D eigenvalue weighted by Crippen LogP contribution is 2.34. The van der Waals surface area contributed by atoms with Crippen molar-refractivity contribution in [2.75, 3.05) is 18.7 Å². The number of ether oxygens (including phenoxy) is 3. The van der Waals surface area contributed by atoms with Crippen LogP contribution in [-0.2, 0) is 20.7 Å². The predicted molar refractivity (Wildman–Crippen MR) is 137 cm³/mol. The molecule has 4 aromatic rings. The van der Waals surface area contributed by atoms with E-state index in [0.29, 0.717) is 27.8 Å². The average molecular weight is 520 g/mol. The molecule has 2 heterocycles. The van der Waals surface area contributed by atoms with Crippen molar-refractivity contribution in [2.45, 2.75) is 12.5 Å². The van der Waals surface area contributed by atoms with Gasteiger partial charge in [0.1, 0.15) is 6.04 Å². The van der Waals surface area contributed by atoms with Crippen LogP contribution in [0.5, 0.6) is 11.5 Å². The molecule has 1 aliphatic rings. The summed E-state index contributed by atoms with van der Waals surface area (Å²) in [5.74, 6) is -0.654. The zero-order valence-electron chi connectivity index (χ0n) is 19.5. The number of aromatic nitrogens is 1. The lowest BCUT2D eigenvalue weighted by atomic mass is 10.0. The number of amides is 2. The van der Waals surface area contributed by atoms with Gasteiger partial charge >= 0.3 is 5.97 Å². The van der Waals surface area contributed by atoms with Crippen LogP contribution >= 0.6 is 11.6 Å². The normalized spacial score (nSPS) is 12.7. The maximum absolute atomic E-state index is 13.1. The third-order valence-electron chi connectivity index (χ3n) is 5.80. The second-order valence-corrected chi connectivity index (χ2v) is 8.76. The highest BCUT2D eigenvalue weighted by atomic mass is 35.5. The maximum Gasteiger partial charge on any atom is 0.329 e. The summed E-state index contributed by atoms with van der Waals surface area (Å²) < 4.78 is 15.9. The number of carbonyl (C=O) groups excluding carboxylic acids is 3. The molecule has 0 unspecified atom stereocenters. The molecule has 3 N–H and O–H groups in total. The molecule has 1 aliphatic heterocycles. The molecule has 0 bridgehead atoms. The summed E-state index contributed by atoms with van der Waals surface area (Å²) in [6.07, 6.45) is 1.94. The molecule has 9 nitrogen and oxygen atoms in total. The van der Waals surface area contributed by atoms with Gasteiger partial charge in [0.15, 0.2) is 18.1 Å². The zero-order chi connectivity index (χ0) is 25.8. The fourth-order valence-corrected chi connectivity index (χ4v) is 4.09. The Bertz CT molecular complexity index is 1470. The van der Waals surface area contributed by atoms with Gasteiger partial charge in [-0.15, -0.1) is 0 Å². The zero-order valence-corrected chi connectivity index (χ0v) is 20.2. The van der Waals surface area contributed by atoms with Crippen molar-refractivity contribution < 1.29 is 28.6 Å². The number of anilines is 1. The van der Waals surface area contributed by atoms with Crippen LogP contribution in [0.1, 0.15) is 15.9 Å². The molecule has 0 fully saturated rings. The Morgan fingerprint density at radius 1 is 1.00 bits per heavy atom. The van der Waals surface area contributed by atoms with Crippen LogP contribution in [0.4, 0.5) is 5.69 Å². The largest absolute Gasteiger partial charge is 0.454 e. The van der Waals surface area contributed by atoms with E-state index in [1.807, 2.05) is 24.3 Å². The lowest BCUT2D eigenvalue weighted by molar-refractivity contribution is -0.149. The van der Waals surface area contributed by atoms with E-state index in [1.54, 1.807) is 48.7 Å². The minimum atomic E-state index is -1.04. The first kappa shape index (κ1) is 24.2. The van der Waals surface area contributed by atoms with E-state index < -0.39 is 30.4 Å². The van der Waals surface area contributed by atoms with E-state index in [2.05, 4.69) is 15.6 Å². The maximum atomic E-state index is 13.1. The van der Waals surface area contributed by atoms with E-state index in [9.17, 15) is 14.4 Å². The number of rotatable bonds is 8. The first-order valence-electron chi connectivity index (χ1n) is 11.4. The number of halogens is 1. The summed E-state index contributed by atoms with van der Waals surface area (Å²) in [4.78, 5) is 41.5. The lowest BCUT2D eigenvalue weighted by Crippen LogP contribution is -2.44. The van der Waals surface area contributed by atoms with Gasteiger partial charge in [0, 0.05) is 45.9 Å². The van der Waals surface area contributed by atoms with Gasteiger partial charge in [-0.25, -0.2) is 4.79 Å². The van der Waals surface area contributed by atoms with E-state index >= 15 is 0 Å². The van der Waals surface area contributed by atoms with Crippen LogP contribution in [0.25, 0.3) is 10.9 Å². The average Bonchev–Trinajstić information content (AvgIpc) is 3.54. The molecule has 0 aliphatic carbocycles. The van der Waals surface area contributed by atoms with Crippen molar-refractivity contribution in [3.63, 3.8) is 0 Å². The molecule has 0 spiro atoms. The minimum Gasteiger partial charge on any atom is -0.454 e. The predicted octanol–water partition coefficient (Wildman–Crippen LogP) is 4.07. The number of H-pyrrole nitrogens is 1. The van der Waals surface area contributed by atoms with Crippen molar-refractivity contribution in [1.82, 2.24) is 10.3 Å². The molecular weight excluding hydrogens is 498 g/mol. The Labute approximate surface area is 216 Å². The van der Waals surface area contributed by atoms with Gasteiger partial charge in [-0.05, 0) is 48.0 Å². The number of benzene rings is 3. The first-order chi connectivity index (χ1) is 18.0. The van der Waals surface area contributed by atoms with E-state index in [0.717, 1.165) is 16.5 Å². The molecular formula is C27H22ClN3O6. The smallest absolute Gasteiger partial charge is 0.329 e. The summed E-state index contributed by atoms with van der Waals surface area (Å²) in [5.41, 5.74) is 2.52. The number of hydrogen-bond donors (Lipinski definition) is 3. The fourth-order valence-electron chi connectivity index (χ4n) is 3.97. The molecule has 2 amide bonds. The summed E-state index contributed by atoms with van der Waals surface area (Å²) in [5, 5.41) is 6.78. The third kappa shape index (κ3) is 5.68. The van der Waals surface area contributed by atoms with Crippen LogP contribution in [0.2, 0.25) is 5.02 Å². The molecule has 0 radical (unpaired) electrons. The Hall–Kier alpha value is -4.50. The van der Waals surface area contributed by atoms with E-state index in [1.165, 1.54) is 0 Å². The molecule has 5 rings (SSSR count). The molecule has 1 aromatic heterocycles. The van der Waals surface area contributed by atoms with Crippen molar-refractivity contribution >= 4 is 46.0 Å². The SMILES string of the molecule is O=C(COC(=O)[C@H](Cc1c[nH]c2ccccc12)NC(=O)c1ccc(Cl)cc1)Nc1ccc2c(c1)OCO2. The van der Waals surface area contributed by atoms with Gasteiger partial charge in [-0.1, -0.05) is 29.8 Å². The summed E-state index contributed by atoms with van der Waals surface area (Å²) in [6, 6.07) is 17.8. The summed E-state index contributed by atoms with van der Waals surface area (Å²) in [6.45, 7) is -0.418. The van der Waals surface area contributed by atoms with Crippen molar-refractivity contribution in [2.24, 2.45) is 0 Å². The number of para-hydroxylation sites is 1. The topological polar surface area (TPSA) is 119 Å². The standard InChI is InChI=1S/C27H22ClN3O6/c28-18-7-5-16(6-8-18)26(33)31-22(11-17-13-29-21-4-2-1-3-20(17)21)27(34)35-14-25(32)30-19-9-10-23-24(12-19)37-15-36-23/h1-10,12-13,22,29H,11,14-15H2,(H,30,32)(H,31,33)/t22-/m0/s1. The summed E-state index contributed by atoms with van der Waals surface area (Å²) >= 11 is 5.92. The number of hydrogen-bond acceptors (Lipinski definition) is 6. The van der Waals surface area contributed by atoms with Gasteiger partial charge in [0.2, 0.25) is 6.79 Å². The molecule has 188 valence electrons. The number of fused-ring (bicyclic) bond motifs is 2. The number of esters is 1. The third-order valence-corrected chi connectivity index (χ3v) is 6.05. The Morgan fingerprint density at radius 3 is 2.62 bits per heavy atom. The lowest BCUT2D eigenvalue weighted by Gasteiger charge is -2.18. The summed E-state index contributed by atoms with van der Waals surface area (Å²) in [7, 11) is 0. The molecule has 1 atom stereocenters. The minimum absolute atomic E-state index is 0.115. The first-order valence-corrected chi connectivity index (χ1v) is 11.8. The second-order valence-electron chi connectivity index (χ2n) is 8.32. The Kier molecular flexibility index (Phi) is 6.96. The number of nitrogens with one attached hydrogen (secondary N) is 3. The van der Waals surface area contributed by atoms with E-state index in [-0.39, 0.29) is 13.2 Å². The van der Waals surface area contributed by atoms with Crippen LogP contribution in [0, 0.1) is 0 Å². The molecule has 3 aromatic carbocycles. The number of aromatic amines is 1. The molecule has 0 saturated carbocycles. The van der Waals surface area contributed by atoms with Crippen molar-refractivity contribution in [3.05, 3.63) is 89.1 Å². The molecule has 37 heavy (non-hydrogen) atoms. The second kappa shape index (κ2) is 10.6. The monoisotopic (exact) mass is 519 g/mol. The van der Waals surface area contributed by atoms with E-state index in [4.69, 9.17) is 25.8 Å². The van der Waals surface area contributed by atoms with Gasteiger partial charge < -0.3 is 29.8 Å². The number of carbonyl (C=O) groups is 3. The van der Waals surface area contributed by atoms with Crippen LogP contribution in [-0.4, -0.2) is 42.2 Å². The van der Waals surface area contributed by atoms with Gasteiger partial charge in [-0.2, -0.15) is 0 Å². The Morgan fingerprint density at radius 2 is 1.78 bits per heavy atom. The van der Waals surface area contributed by atoms with Gasteiger partial charge in [0.25, 0.3) is 11.8 Å². The van der Waals surface area contributed by atoms with Crippen molar-refractivity contribution in [1.29, 1.82) is 0 Å². The van der Waals surface area contributed by atoms with Crippen molar-refractivity contribution in [3.8, 4) is 11.5 Å². The molecule has 0 saturated heterocycles. The Balaban J connectivity index is 1.27.